The molecule has 4 rings (SSSR count). The average Bonchev–Trinajstić information content (AvgIpc) is 3.46. The molecule has 2 amide bonds. The Hall–Kier alpha value is -1.62. The van der Waals surface area contributed by atoms with E-state index >= 15 is 0 Å². The number of carbonyl (C=O) groups is 2. The number of hydrogen-bond acceptors (Lipinski definition) is 6. The molecule has 170 valence electrons. The van der Waals surface area contributed by atoms with Crippen LogP contribution < -0.4 is 10.2 Å². The van der Waals surface area contributed by atoms with E-state index in [2.05, 4.69) is 5.32 Å². The van der Waals surface area contributed by atoms with Gasteiger partial charge in [0.1, 0.15) is 6.54 Å². The van der Waals surface area contributed by atoms with Gasteiger partial charge in [-0.1, -0.05) is 6.92 Å². The first-order valence-electron chi connectivity index (χ1n) is 10.8. The van der Waals surface area contributed by atoms with Gasteiger partial charge in [0.05, 0.1) is 16.7 Å². The van der Waals surface area contributed by atoms with Crippen molar-refractivity contribution in [3.05, 3.63) is 18.2 Å². The van der Waals surface area contributed by atoms with Gasteiger partial charge in [0.2, 0.25) is 21.8 Å². The second-order valence-electron chi connectivity index (χ2n) is 8.32. The van der Waals surface area contributed by atoms with Gasteiger partial charge in [-0.15, -0.1) is 11.8 Å². The molecule has 0 saturated carbocycles. The van der Waals surface area contributed by atoms with Crippen LogP contribution in [0.4, 0.5) is 5.69 Å². The SMILES string of the molecule is CC1CSc2ccc(S(=O)(=O)N3CCCC3)cc2N(CC(=O)NCC2CCCO2)C1=O. The van der Waals surface area contributed by atoms with Crippen molar-refractivity contribution in [2.45, 2.75) is 48.5 Å². The van der Waals surface area contributed by atoms with Gasteiger partial charge < -0.3 is 15.0 Å². The summed E-state index contributed by atoms with van der Waals surface area (Å²) >= 11 is 1.51. The van der Waals surface area contributed by atoms with Gasteiger partial charge in [0.25, 0.3) is 0 Å². The normalized spacial score (nSPS) is 24.8. The predicted molar refractivity (Wildman–Crippen MR) is 119 cm³/mol. The van der Waals surface area contributed by atoms with Crippen LogP contribution in [0.2, 0.25) is 0 Å². The molecule has 2 atom stereocenters. The summed E-state index contributed by atoms with van der Waals surface area (Å²) in [6, 6.07) is 4.92. The molecule has 31 heavy (non-hydrogen) atoms. The van der Waals surface area contributed by atoms with Crippen molar-refractivity contribution < 1.29 is 22.7 Å². The van der Waals surface area contributed by atoms with Crippen LogP contribution >= 0.6 is 11.8 Å². The van der Waals surface area contributed by atoms with E-state index < -0.39 is 10.0 Å². The first-order chi connectivity index (χ1) is 14.9. The summed E-state index contributed by atoms with van der Waals surface area (Å²) in [5.41, 5.74) is 0.492. The summed E-state index contributed by atoms with van der Waals surface area (Å²) in [4.78, 5) is 28.1. The summed E-state index contributed by atoms with van der Waals surface area (Å²) in [5.74, 6) is -0.143. The Kier molecular flexibility index (Phi) is 6.90. The van der Waals surface area contributed by atoms with Crippen molar-refractivity contribution >= 4 is 39.3 Å². The lowest BCUT2D eigenvalue weighted by Gasteiger charge is -2.25. The molecular weight excluding hydrogens is 438 g/mol. The van der Waals surface area contributed by atoms with E-state index in [1.807, 2.05) is 6.92 Å². The highest BCUT2D eigenvalue weighted by atomic mass is 32.2. The largest absolute Gasteiger partial charge is 0.376 e. The maximum absolute atomic E-state index is 13.1. The number of ether oxygens (including phenoxy) is 1. The Morgan fingerprint density at radius 3 is 2.74 bits per heavy atom. The van der Waals surface area contributed by atoms with Gasteiger partial charge in [-0.3, -0.25) is 9.59 Å². The number of sulfonamides is 1. The number of carbonyl (C=O) groups excluding carboxylic acids is 2. The molecule has 3 aliphatic rings. The summed E-state index contributed by atoms with van der Waals surface area (Å²) in [6.07, 6.45) is 3.63. The van der Waals surface area contributed by atoms with Gasteiger partial charge in [-0.2, -0.15) is 4.31 Å². The van der Waals surface area contributed by atoms with E-state index in [1.54, 1.807) is 18.2 Å². The number of thioether (sulfide) groups is 1. The van der Waals surface area contributed by atoms with Gasteiger partial charge in [0, 0.05) is 42.8 Å². The Balaban J connectivity index is 1.58. The molecule has 1 aromatic rings. The van der Waals surface area contributed by atoms with Gasteiger partial charge in [0.15, 0.2) is 0 Å². The van der Waals surface area contributed by atoms with E-state index in [0.29, 0.717) is 37.7 Å². The predicted octanol–water partition coefficient (Wildman–Crippen LogP) is 1.84. The fourth-order valence-electron chi connectivity index (χ4n) is 4.13. The number of anilines is 1. The zero-order valence-corrected chi connectivity index (χ0v) is 19.3. The third kappa shape index (κ3) is 4.92. The van der Waals surface area contributed by atoms with Crippen molar-refractivity contribution in [3.63, 3.8) is 0 Å². The fraction of sp³-hybridized carbons (Fsp3) is 0.619. The minimum absolute atomic E-state index is 0.0164. The number of nitrogens with one attached hydrogen (secondary N) is 1. The summed E-state index contributed by atoms with van der Waals surface area (Å²) in [6.45, 7) is 3.85. The molecule has 3 aliphatic heterocycles. The molecule has 2 unspecified atom stereocenters. The van der Waals surface area contributed by atoms with E-state index in [-0.39, 0.29) is 35.3 Å². The molecule has 0 aliphatic carbocycles. The Morgan fingerprint density at radius 2 is 2.03 bits per heavy atom. The molecule has 0 aromatic heterocycles. The van der Waals surface area contributed by atoms with Gasteiger partial charge >= 0.3 is 0 Å². The number of hydrogen-bond donors (Lipinski definition) is 1. The van der Waals surface area contributed by atoms with Crippen LogP contribution in [0.15, 0.2) is 28.0 Å². The van der Waals surface area contributed by atoms with Crippen molar-refractivity contribution in [1.82, 2.24) is 9.62 Å². The lowest BCUT2D eigenvalue weighted by Crippen LogP contribution is -2.44. The highest BCUT2D eigenvalue weighted by molar-refractivity contribution is 7.99. The molecule has 1 aromatic carbocycles. The van der Waals surface area contributed by atoms with Crippen LogP contribution in [0.5, 0.6) is 0 Å². The molecule has 1 N–H and O–H groups in total. The van der Waals surface area contributed by atoms with Gasteiger partial charge in [-0.05, 0) is 43.9 Å². The summed E-state index contributed by atoms with van der Waals surface area (Å²) < 4.78 is 33.1. The Labute approximate surface area is 187 Å². The first-order valence-corrected chi connectivity index (χ1v) is 13.3. The molecule has 8 nitrogen and oxygen atoms in total. The number of rotatable bonds is 6. The highest BCUT2D eigenvalue weighted by Gasteiger charge is 2.33. The van der Waals surface area contributed by atoms with Crippen LogP contribution in [0, 0.1) is 5.92 Å². The van der Waals surface area contributed by atoms with Crippen LogP contribution in [0.3, 0.4) is 0 Å². The zero-order chi connectivity index (χ0) is 22.0. The molecule has 2 saturated heterocycles. The molecule has 10 heteroatoms. The Morgan fingerprint density at radius 1 is 1.26 bits per heavy atom. The van der Waals surface area contributed by atoms with E-state index in [9.17, 15) is 18.0 Å². The van der Waals surface area contributed by atoms with Crippen LogP contribution in [-0.4, -0.2) is 69.2 Å². The number of nitrogens with zero attached hydrogens (tertiary/aromatic N) is 2. The number of fused-ring (bicyclic) bond motifs is 1. The van der Waals surface area contributed by atoms with Crippen LogP contribution in [-0.2, 0) is 24.3 Å². The number of benzene rings is 1. The van der Waals surface area contributed by atoms with E-state index in [4.69, 9.17) is 4.74 Å². The quantitative estimate of drug-likeness (QED) is 0.686. The maximum Gasteiger partial charge on any atom is 0.243 e. The molecule has 0 spiro atoms. The second kappa shape index (κ2) is 9.48. The monoisotopic (exact) mass is 467 g/mol. The molecule has 0 bridgehead atoms. The standard InChI is InChI=1S/C21H29N3O5S2/c1-15-14-30-19-7-6-17(31(27,28)23-8-2-3-9-23)11-18(19)24(21(15)26)13-20(25)22-12-16-5-4-10-29-16/h6-7,11,15-16H,2-5,8-10,12-14H2,1H3,(H,22,25). The summed E-state index contributed by atoms with van der Waals surface area (Å²) in [7, 11) is -3.62. The lowest BCUT2D eigenvalue weighted by molar-refractivity contribution is -0.125. The van der Waals surface area contributed by atoms with E-state index in [0.717, 1.165) is 30.6 Å². The third-order valence-electron chi connectivity index (χ3n) is 5.95. The molecule has 3 heterocycles. The minimum atomic E-state index is -3.62. The molecule has 0 radical (unpaired) electrons. The molecule has 2 fully saturated rings. The second-order valence-corrected chi connectivity index (χ2v) is 11.3. The van der Waals surface area contributed by atoms with Crippen molar-refractivity contribution in [2.75, 3.05) is 43.4 Å². The van der Waals surface area contributed by atoms with Crippen LogP contribution in [0.25, 0.3) is 0 Å². The lowest BCUT2D eigenvalue weighted by atomic mass is 10.1. The average molecular weight is 468 g/mol. The first kappa shape index (κ1) is 22.6. The smallest absolute Gasteiger partial charge is 0.243 e. The van der Waals surface area contributed by atoms with Crippen molar-refractivity contribution in [2.24, 2.45) is 5.92 Å². The minimum Gasteiger partial charge on any atom is -0.376 e. The topological polar surface area (TPSA) is 96.0 Å². The third-order valence-corrected chi connectivity index (χ3v) is 9.17. The molecular formula is C21H29N3O5S2. The zero-order valence-electron chi connectivity index (χ0n) is 17.7. The highest BCUT2D eigenvalue weighted by Crippen LogP contribution is 2.38. The van der Waals surface area contributed by atoms with E-state index in [1.165, 1.54) is 21.0 Å². The fourth-order valence-corrected chi connectivity index (χ4v) is 6.73. The maximum atomic E-state index is 13.1. The van der Waals surface area contributed by atoms with Crippen molar-refractivity contribution in [3.8, 4) is 0 Å². The summed E-state index contributed by atoms with van der Waals surface area (Å²) in [5, 5.41) is 2.86. The van der Waals surface area contributed by atoms with Crippen LogP contribution in [0.1, 0.15) is 32.6 Å². The Bertz CT molecular complexity index is 940. The van der Waals surface area contributed by atoms with Crippen molar-refractivity contribution in [1.29, 1.82) is 0 Å². The number of amides is 2. The van der Waals surface area contributed by atoms with Gasteiger partial charge in [-0.25, -0.2) is 8.42 Å².